The maximum absolute atomic E-state index is 13.5. The Morgan fingerprint density at radius 1 is 1.19 bits per heavy atom. The molecule has 156 valence electrons. The quantitative estimate of drug-likeness (QED) is 0.386. The molecule has 31 heavy (non-hydrogen) atoms. The third kappa shape index (κ3) is 5.50. The van der Waals surface area contributed by atoms with Gasteiger partial charge in [0.25, 0.3) is 5.91 Å². The van der Waals surface area contributed by atoms with Crippen LogP contribution in [0.3, 0.4) is 0 Å². The fourth-order valence-corrected chi connectivity index (χ4v) is 3.29. The van der Waals surface area contributed by atoms with Crippen molar-refractivity contribution in [2.45, 2.75) is 13.3 Å². The van der Waals surface area contributed by atoms with E-state index in [1.807, 2.05) is 18.2 Å². The van der Waals surface area contributed by atoms with Gasteiger partial charge in [-0.2, -0.15) is 5.26 Å². The molecule has 0 radical (unpaired) electrons. The minimum absolute atomic E-state index is 0.0562. The molecule has 0 aliphatic carbocycles. The number of hydrogen-bond donors (Lipinski definition) is 1. The van der Waals surface area contributed by atoms with Crippen molar-refractivity contribution in [2.24, 2.45) is 0 Å². The first-order chi connectivity index (χ1) is 14.9. The molecule has 0 saturated heterocycles. The number of rotatable bonds is 6. The lowest BCUT2D eigenvalue weighted by Crippen LogP contribution is -2.14. The molecule has 0 unspecified atom stereocenters. The predicted octanol–water partition coefficient (Wildman–Crippen LogP) is 5.93. The Bertz CT molecular complexity index is 1200. The second-order valence-electron chi connectivity index (χ2n) is 6.91. The van der Waals surface area contributed by atoms with Crippen LogP contribution in [-0.2, 0) is 11.2 Å². The number of hydrogen-bond acceptors (Lipinski definition) is 3. The average Bonchev–Trinajstić information content (AvgIpc) is 2.76. The first-order valence-corrected chi connectivity index (χ1v) is 9.88. The Kier molecular flexibility index (Phi) is 7.07. The summed E-state index contributed by atoms with van der Waals surface area (Å²) >= 11 is 6.09. The summed E-state index contributed by atoms with van der Waals surface area (Å²) in [6, 6.07) is 18.8. The molecule has 3 aromatic carbocycles. The maximum atomic E-state index is 13.5. The molecule has 0 heterocycles. The van der Waals surface area contributed by atoms with Crippen LogP contribution in [0, 0.1) is 24.1 Å². The lowest BCUT2D eigenvalue weighted by molar-refractivity contribution is -0.112. The van der Waals surface area contributed by atoms with E-state index in [1.54, 1.807) is 43.3 Å². The van der Waals surface area contributed by atoms with Gasteiger partial charge in [0, 0.05) is 17.1 Å². The van der Waals surface area contributed by atoms with Crippen molar-refractivity contribution in [2.75, 3.05) is 12.4 Å². The third-order valence-electron chi connectivity index (χ3n) is 4.79. The van der Waals surface area contributed by atoms with Gasteiger partial charge in [0.05, 0.1) is 7.11 Å². The summed E-state index contributed by atoms with van der Waals surface area (Å²) in [5.74, 6) is -0.243. The van der Waals surface area contributed by atoms with Crippen molar-refractivity contribution in [3.05, 3.63) is 99.3 Å². The number of carbonyl (C=O) groups excluding carboxylic acids is 1. The van der Waals surface area contributed by atoms with E-state index in [0.29, 0.717) is 28.4 Å². The van der Waals surface area contributed by atoms with E-state index in [0.717, 1.165) is 16.7 Å². The topological polar surface area (TPSA) is 62.1 Å². The van der Waals surface area contributed by atoms with Crippen LogP contribution < -0.4 is 10.1 Å². The summed E-state index contributed by atoms with van der Waals surface area (Å²) in [6.07, 6.45) is 1.98. The first kappa shape index (κ1) is 22.1. The number of amides is 1. The molecule has 6 heteroatoms. The molecular weight excluding hydrogens is 415 g/mol. The van der Waals surface area contributed by atoms with Crippen molar-refractivity contribution in [1.29, 1.82) is 5.26 Å². The van der Waals surface area contributed by atoms with Gasteiger partial charge >= 0.3 is 0 Å². The van der Waals surface area contributed by atoms with Gasteiger partial charge in [0.1, 0.15) is 23.2 Å². The molecule has 1 amide bonds. The molecule has 1 N–H and O–H groups in total. The van der Waals surface area contributed by atoms with Gasteiger partial charge in [-0.05, 0) is 65.6 Å². The molecule has 0 saturated carbocycles. The molecular formula is C25H20ClFN2O2. The highest BCUT2D eigenvalue weighted by atomic mass is 35.5. The molecule has 0 spiro atoms. The molecule has 3 rings (SSSR count). The Morgan fingerprint density at radius 3 is 2.68 bits per heavy atom. The summed E-state index contributed by atoms with van der Waals surface area (Å²) in [5, 5.41) is 12.7. The third-order valence-corrected chi connectivity index (χ3v) is 5.20. The lowest BCUT2D eigenvalue weighted by atomic mass is 10.0. The Labute approximate surface area is 185 Å². The summed E-state index contributed by atoms with van der Waals surface area (Å²) in [5.41, 5.74) is 3.52. The minimum Gasteiger partial charge on any atom is -0.496 e. The average molecular weight is 435 g/mol. The van der Waals surface area contributed by atoms with Gasteiger partial charge in [-0.15, -0.1) is 0 Å². The van der Waals surface area contributed by atoms with Crippen LogP contribution >= 0.6 is 11.6 Å². The second-order valence-corrected chi connectivity index (χ2v) is 7.32. The molecule has 3 aromatic rings. The monoisotopic (exact) mass is 434 g/mol. The number of nitriles is 1. The van der Waals surface area contributed by atoms with E-state index in [9.17, 15) is 14.4 Å². The van der Waals surface area contributed by atoms with Gasteiger partial charge < -0.3 is 10.1 Å². The SMILES string of the molecule is COc1cc(/C=C(\C#N)C(=O)Nc2cccc(Cl)c2C)ccc1Cc1cccc(F)c1. The Balaban J connectivity index is 1.84. The molecule has 0 aliphatic rings. The van der Waals surface area contributed by atoms with Crippen LogP contribution in [0.1, 0.15) is 22.3 Å². The van der Waals surface area contributed by atoms with Crippen molar-refractivity contribution in [1.82, 2.24) is 0 Å². The lowest BCUT2D eigenvalue weighted by Gasteiger charge is -2.11. The highest BCUT2D eigenvalue weighted by Crippen LogP contribution is 2.26. The minimum atomic E-state index is -0.532. The van der Waals surface area contributed by atoms with Gasteiger partial charge in [-0.1, -0.05) is 41.9 Å². The predicted molar refractivity (Wildman–Crippen MR) is 121 cm³/mol. The molecule has 0 atom stereocenters. The highest BCUT2D eigenvalue weighted by Gasteiger charge is 2.13. The van der Waals surface area contributed by atoms with Crippen LogP contribution in [0.2, 0.25) is 5.02 Å². The zero-order valence-electron chi connectivity index (χ0n) is 17.1. The number of carbonyl (C=O) groups is 1. The summed E-state index contributed by atoms with van der Waals surface area (Å²) in [7, 11) is 1.54. The fraction of sp³-hybridized carbons (Fsp3) is 0.120. The van der Waals surface area contributed by atoms with E-state index in [2.05, 4.69) is 5.32 Å². The van der Waals surface area contributed by atoms with Crippen molar-refractivity contribution < 1.29 is 13.9 Å². The number of ether oxygens (including phenoxy) is 1. The summed E-state index contributed by atoms with van der Waals surface area (Å²) in [4.78, 5) is 12.6. The fourth-order valence-electron chi connectivity index (χ4n) is 3.11. The number of anilines is 1. The van der Waals surface area contributed by atoms with E-state index in [1.165, 1.54) is 25.3 Å². The number of methoxy groups -OCH3 is 1. The highest BCUT2D eigenvalue weighted by molar-refractivity contribution is 6.31. The van der Waals surface area contributed by atoms with Crippen LogP contribution in [0.5, 0.6) is 5.75 Å². The molecule has 4 nitrogen and oxygen atoms in total. The standard InChI is InChI=1S/C25H20ClFN2O2/c1-16-22(26)7-4-8-23(16)29-25(30)20(15-28)12-18-9-10-19(24(14-18)31-2)11-17-5-3-6-21(27)13-17/h3-10,12-14H,11H2,1-2H3,(H,29,30)/b20-12+. The largest absolute Gasteiger partial charge is 0.496 e. The molecule has 0 fully saturated rings. The van der Waals surface area contributed by atoms with E-state index in [4.69, 9.17) is 16.3 Å². The Morgan fingerprint density at radius 2 is 1.97 bits per heavy atom. The van der Waals surface area contributed by atoms with Gasteiger partial charge in [0.2, 0.25) is 0 Å². The first-order valence-electron chi connectivity index (χ1n) is 9.51. The van der Waals surface area contributed by atoms with Crippen molar-refractivity contribution in [3.63, 3.8) is 0 Å². The molecule has 0 aromatic heterocycles. The zero-order valence-corrected chi connectivity index (χ0v) is 17.8. The van der Waals surface area contributed by atoms with E-state index < -0.39 is 5.91 Å². The van der Waals surface area contributed by atoms with Gasteiger partial charge in [-0.3, -0.25) is 4.79 Å². The number of halogens is 2. The van der Waals surface area contributed by atoms with E-state index >= 15 is 0 Å². The molecule has 0 bridgehead atoms. The second kappa shape index (κ2) is 9.92. The van der Waals surface area contributed by atoms with E-state index in [-0.39, 0.29) is 11.4 Å². The number of nitrogens with one attached hydrogen (secondary N) is 1. The maximum Gasteiger partial charge on any atom is 0.266 e. The smallest absolute Gasteiger partial charge is 0.266 e. The van der Waals surface area contributed by atoms with Crippen molar-refractivity contribution in [3.8, 4) is 11.8 Å². The van der Waals surface area contributed by atoms with Crippen LogP contribution in [0.25, 0.3) is 6.08 Å². The van der Waals surface area contributed by atoms with Crippen LogP contribution in [0.15, 0.2) is 66.2 Å². The number of benzene rings is 3. The zero-order chi connectivity index (χ0) is 22.4. The normalized spacial score (nSPS) is 11.0. The number of nitrogens with zero attached hydrogens (tertiary/aromatic N) is 1. The van der Waals surface area contributed by atoms with Gasteiger partial charge in [-0.25, -0.2) is 4.39 Å². The van der Waals surface area contributed by atoms with Crippen LogP contribution in [0.4, 0.5) is 10.1 Å². The summed E-state index contributed by atoms with van der Waals surface area (Å²) in [6.45, 7) is 1.79. The Hall–Kier alpha value is -3.62. The van der Waals surface area contributed by atoms with Crippen molar-refractivity contribution >= 4 is 29.3 Å². The molecule has 0 aliphatic heterocycles. The van der Waals surface area contributed by atoms with Crippen LogP contribution in [-0.4, -0.2) is 13.0 Å². The van der Waals surface area contributed by atoms with Gasteiger partial charge in [0.15, 0.2) is 0 Å². The summed E-state index contributed by atoms with van der Waals surface area (Å²) < 4.78 is 18.9.